The molecule has 4 aromatic carbocycles. The molecule has 1 aromatic heterocycles. The molecule has 1 aliphatic rings. The molecule has 1 atom stereocenters. The lowest BCUT2D eigenvalue weighted by Crippen LogP contribution is -2.22. The highest BCUT2D eigenvalue weighted by Gasteiger charge is 2.32. The topological polar surface area (TPSA) is 116 Å². The number of carbonyl (C=O) groups excluding carboxylic acids is 1. The van der Waals surface area contributed by atoms with E-state index in [0.29, 0.717) is 27.9 Å². The van der Waals surface area contributed by atoms with Crippen LogP contribution in [0, 0.1) is 11.3 Å². The van der Waals surface area contributed by atoms with Gasteiger partial charge in [-0.2, -0.15) is 5.26 Å². The first kappa shape index (κ1) is 22.1. The number of rotatable bonds is 3. The zero-order chi connectivity index (χ0) is 25.5. The zero-order valence-corrected chi connectivity index (χ0v) is 19.3. The van der Waals surface area contributed by atoms with Crippen molar-refractivity contribution in [2.75, 3.05) is 0 Å². The van der Waals surface area contributed by atoms with Gasteiger partial charge in [-0.3, -0.25) is 0 Å². The molecule has 0 saturated heterocycles. The number of fused-ring (bicyclic) bond motifs is 3. The Balaban J connectivity index is 1.39. The molecule has 0 bridgehead atoms. The van der Waals surface area contributed by atoms with Crippen molar-refractivity contribution >= 4 is 27.7 Å². The van der Waals surface area contributed by atoms with Crippen LogP contribution in [0.5, 0.6) is 11.5 Å². The molecule has 5 aromatic rings. The van der Waals surface area contributed by atoms with Crippen molar-refractivity contribution < 1.29 is 18.7 Å². The van der Waals surface area contributed by atoms with E-state index >= 15 is 0 Å². The monoisotopic (exact) mass is 486 g/mol. The van der Waals surface area contributed by atoms with E-state index in [-0.39, 0.29) is 17.2 Å². The van der Waals surface area contributed by atoms with Crippen molar-refractivity contribution in [2.24, 2.45) is 5.73 Å². The molecule has 7 nitrogen and oxygen atoms in total. The SMILES string of the molecule is N#CC1=C(N)Oc2cc(OC(=O)c3cc4ccccc4oc3=O)ccc2C1c1cccc2ccccc12. The van der Waals surface area contributed by atoms with Crippen LogP contribution in [-0.4, -0.2) is 5.97 Å². The first-order valence-electron chi connectivity index (χ1n) is 11.5. The Labute approximate surface area is 210 Å². The van der Waals surface area contributed by atoms with E-state index in [4.69, 9.17) is 19.6 Å². The van der Waals surface area contributed by atoms with Crippen molar-refractivity contribution in [3.05, 3.63) is 130 Å². The number of nitrogens with two attached hydrogens (primary N) is 1. The number of carbonyl (C=O) groups is 1. The van der Waals surface area contributed by atoms with Gasteiger partial charge in [-0.15, -0.1) is 0 Å². The number of allylic oxidation sites excluding steroid dienone is 1. The third-order valence-electron chi connectivity index (χ3n) is 6.40. The van der Waals surface area contributed by atoms with Crippen LogP contribution in [0.1, 0.15) is 27.4 Å². The molecule has 178 valence electrons. The van der Waals surface area contributed by atoms with E-state index < -0.39 is 17.5 Å². The van der Waals surface area contributed by atoms with Gasteiger partial charge in [0.25, 0.3) is 0 Å². The lowest BCUT2D eigenvalue weighted by Gasteiger charge is -2.27. The van der Waals surface area contributed by atoms with Crippen molar-refractivity contribution in [1.82, 2.24) is 0 Å². The van der Waals surface area contributed by atoms with Gasteiger partial charge >= 0.3 is 11.6 Å². The average molecular weight is 486 g/mol. The Morgan fingerprint density at radius 2 is 1.65 bits per heavy atom. The Kier molecular flexibility index (Phi) is 5.21. The molecule has 0 spiro atoms. The molecule has 2 heterocycles. The highest BCUT2D eigenvalue weighted by Crippen LogP contribution is 2.45. The summed E-state index contributed by atoms with van der Waals surface area (Å²) in [5.74, 6) is -0.850. The number of para-hydroxylation sites is 1. The summed E-state index contributed by atoms with van der Waals surface area (Å²) < 4.78 is 16.5. The van der Waals surface area contributed by atoms with E-state index in [9.17, 15) is 14.9 Å². The van der Waals surface area contributed by atoms with Gasteiger partial charge in [0, 0.05) is 17.0 Å². The molecule has 0 amide bonds. The molecular formula is C30H18N2O5. The van der Waals surface area contributed by atoms with Crippen LogP contribution in [0.3, 0.4) is 0 Å². The fourth-order valence-corrected chi connectivity index (χ4v) is 4.69. The highest BCUT2D eigenvalue weighted by atomic mass is 16.5. The lowest BCUT2D eigenvalue weighted by atomic mass is 9.81. The third kappa shape index (κ3) is 3.77. The van der Waals surface area contributed by atoms with Gasteiger partial charge in [0.1, 0.15) is 34.3 Å². The smallest absolute Gasteiger partial charge is 0.351 e. The summed E-state index contributed by atoms with van der Waals surface area (Å²) in [6.45, 7) is 0. The quantitative estimate of drug-likeness (QED) is 0.207. The van der Waals surface area contributed by atoms with Crippen LogP contribution in [0.4, 0.5) is 0 Å². The summed E-state index contributed by atoms with van der Waals surface area (Å²) in [4.78, 5) is 25.2. The van der Waals surface area contributed by atoms with E-state index in [2.05, 4.69) is 6.07 Å². The predicted octanol–water partition coefficient (Wildman–Crippen LogP) is 5.38. The maximum atomic E-state index is 12.8. The minimum atomic E-state index is -0.859. The second-order valence-electron chi connectivity index (χ2n) is 8.57. The van der Waals surface area contributed by atoms with Crippen LogP contribution >= 0.6 is 0 Å². The number of nitriles is 1. The number of esters is 1. The Bertz CT molecular complexity index is 1860. The summed E-state index contributed by atoms with van der Waals surface area (Å²) in [5.41, 5.74) is 7.42. The molecule has 7 heteroatoms. The number of hydrogen-bond acceptors (Lipinski definition) is 7. The van der Waals surface area contributed by atoms with Crippen molar-refractivity contribution in [3.8, 4) is 17.6 Å². The van der Waals surface area contributed by atoms with Crippen molar-refractivity contribution in [3.63, 3.8) is 0 Å². The number of nitrogens with zero attached hydrogens (tertiary/aromatic N) is 1. The second kappa shape index (κ2) is 8.70. The molecule has 0 fully saturated rings. The van der Waals surface area contributed by atoms with Gasteiger partial charge in [-0.1, -0.05) is 66.7 Å². The minimum absolute atomic E-state index is 0.0217. The molecule has 6 rings (SSSR count). The van der Waals surface area contributed by atoms with Gasteiger partial charge in [0.15, 0.2) is 0 Å². The standard InChI is InChI=1S/C30H18N2O5/c31-16-24-27(21-10-5-8-17-6-1-3-9-20(17)21)22-13-12-19(15-26(22)36-28(24)32)35-29(33)23-14-18-7-2-4-11-25(18)37-30(23)34/h1-15,27H,32H2. The number of ether oxygens (including phenoxy) is 2. The van der Waals surface area contributed by atoms with Crippen LogP contribution in [0.2, 0.25) is 0 Å². The maximum Gasteiger partial charge on any atom is 0.351 e. The Morgan fingerprint density at radius 1 is 0.892 bits per heavy atom. The molecular weight excluding hydrogens is 468 g/mol. The first-order valence-corrected chi connectivity index (χ1v) is 11.5. The summed E-state index contributed by atoms with van der Waals surface area (Å²) in [6, 6.07) is 29.2. The number of benzene rings is 4. The molecule has 1 aliphatic heterocycles. The van der Waals surface area contributed by atoms with Gasteiger partial charge in [-0.25, -0.2) is 9.59 Å². The molecule has 0 radical (unpaired) electrons. The molecule has 1 unspecified atom stereocenters. The molecule has 0 saturated carbocycles. The second-order valence-corrected chi connectivity index (χ2v) is 8.57. The fraction of sp³-hybridized carbons (Fsp3) is 0.0333. The summed E-state index contributed by atoms with van der Waals surface area (Å²) >= 11 is 0. The predicted molar refractivity (Wildman–Crippen MR) is 137 cm³/mol. The third-order valence-corrected chi connectivity index (χ3v) is 6.40. The highest BCUT2D eigenvalue weighted by molar-refractivity contribution is 5.94. The minimum Gasteiger partial charge on any atom is -0.440 e. The normalized spacial score (nSPS) is 14.6. The summed E-state index contributed by atoms with van der Waals surface area (Å²) in [5, 5.41) is 12.5. The van der Waals surface area contributed by atoms with Gasteiger partial charge in [0.2, 0.25) is 5.88 Å². The molecule has 2 N–H and O–H groups in total. The fourth-order valence-electron chi connectivity index (χ4n) is 4.69. The van der Waals surface area contributed by atoms with Crippen LogP contribution in [0.15, 0.2) is 112 Å². The van der Waals surface area contributed by atoms with Crippen LogP contribution in [-0.2, 0) is 0 Å². The van der Waals surface area contributed by atoms with E-state index in [1.165, 1.54) is 12.1 Å². The zero-order valence-electron chi connectivity index (χ0n) is 19.3. The Hall–Kier alpha value is -5.35. The molecule has 37 heavy (non-hydrogen) atoms. The summed E-state index contributed by atoms with van der Waals surface area (Å²) in [6.07, 6.45) is 0. The van der Waals surface area contributed by atoms with Crippen LogP contribution < -0.4 is 20.8 Å². The van der Waals surface area contributed by atoms with Gasteiger partial charge < -0.3 is 19.6 Å². The van der Waals surface area contributed by atoms with E-state index in [1.807, 2.05) is 42.5 Å². The molecule has 0 aliphatic carbocycles. The van der Waals surface area contributed by atoms with E-state index in [0.717, 1.165) is 16.3 Å². The maximum absolute atomic E-state index is 12.8. The van der Waals surface area contributed by atoms with E-state index in [1.54, 1.807) is 36.4 Å². The lowest BCUT2D eigenvalue weighted by molar-refractivity contribution is 0.0730. The van der Waals surface area contributed by atoms with Crippen molar-refractivity contribution in [2.45, 2.75) is 5.92 Å². The van der Waals surface area contributed by atoms with Gasteiger partial charge in [0.05, 0.1) is 5.92 Å². The summed E-state index contributed by atoms with van der Waals surface area (Å²) in [7, 11) is 0. The first-order chi connectivity index (χ1) is 18.0. The van der Waals surface area contributed by atoms with Crippen LogP contribution in [0.25, 0.3) is 21.7 Å². The Morgan fingerprint density at radius 3 is 2.49 bits per heavy atom. The van der Waals surface area contributed by atoms with Crippen molar-refractivity contribution in [1.29, 1.82) is 5.26 Å². The largest absolute Gasteiger partial charge is 0.440 e. The average Bonchev–Trinajstić information content (AvgIpc) is 2.91. The van der Waals surface area contributed by atoms with Gasteiger partial charge in [-0.05, 0) is 34.5 Å². The number of hydrogen-bond donors (Lipinski definition) is 1.